The summed E-state index contributed by atoms with van der Waals surface area (Å²) in [5.74, 6) is 0.0254. The molecule has 0 bridgehead atoms. The number of aromatic nitrogens is 1. The van der Waals surface area contributed by atoms with E-state index in [1.807, 2.05) is 0 Å². The fraction of sp³-hybridized carbons (Fsp3) is 0.412. The highest BCUT2D eigenvalue weighted by Gasteiger charge is 2.52. The van der Waals surface area contributed by atoms with E-state index in [0.29, 0.717) is 22.8 Å². The summed E-state index contributed by atoms with van der Waals surface area (Å²) in [5.41, 5.74) is 0.352. The molecule has 114 valence electrons. The van der Waals surface area contributed by atoms with Crippen molar-refractivity contribution in [2.45, 2.75) is 31.4 Å². The van der Waals surface area contributed by atoms with Gasteiger partial charge in [-0.15, -0.1) is 0 Å². The molecule has 2 aliphatic carbocycles. The molecular weight excluding hydrogens is 283 g/mol. The fourth-order valence-corrected chi connectivity index (χ4v) is 4.00. The fourth-order valence-electron chi connectivity index (χ4n) is 4.00. The van der Waals surface area contributed by atoms with E-state index < -0.39 is 6.10 Å². The number of hydrogen-bond acceptors (Lipinski definition) is 3. The highest BCUT2D eigenvalue weighted by atomic mass is 19.1. The molecule has 0 spiro atoms. The molecule has 4 nitrogen and oxygen atoms in total. The van der Waals surface area contributed by atoms with Crippen molar-refractivity contribution in [1.29, 1.82) is 0 Å². The summed E-state index contributed by atoms with van der Waals surface area (Å²) in [7, 11) is 0. The summed E-state index contributed by atoms with van der Waals surface area (Å²) < 4.78 is 13.5. The van der Waals surface area contributed by atoms with Crippen molar-refractivity contribution in [3.05, 3.63) is 42.0 Å². The van der Waals surface area contributed by atoms with Crippen LogP contribution in [0.3, 0.4) is 0 Å². The van der Waals surface area contributed by atoms with Gasteiger partial charge in [-0.3, -0.25) is 9.78 Å². The van der Waals surface area contributed by atoms with Gasteiger partial charge in [-0.1, -0.05) is 6.42 Å². The van der Waals surface area contributed by atoms with Crippen LogP contribution in [-0.2, 0) is 0 Å². The summed E-state index contributed by atoms with van der Waals surface area (Å²) >= 11 is 0. The molecule has 2 fully saturated rings. The number of nitrogens with zero attached hydrogens (tertiary/aromatic N) is 1. The molecular formula is C17H17FN2O2. The third kappa shape index (κ3) is 2.00. The van der Waals surface area contributed by atoms with Crippen LogP contribution in [0.2, 0.25) is 0 Å². The largest absolute Gasteiger partial charge is 0.391 e. The van der Waals surface area contributed by atoms with Crippen molar-refractivity contribution in [2.75, 3.05) is 0 Å². The lowest BCUT2D eigenvalue weighted by molar-refractivity contribution is -0.0521. The molecule has 22 heavy (non-hydrogen) atoms. The van der Waals surface area contributed by atoms with E-state index in [0.717, 1.165) is 24.6 Å². The van der Waals surface area contributed by atoms with E-state index in [-0.39, 0.29) is 17.8 Å². The third-order valence-corrected chi connectivity index (χ3v) is 5.16. The maximum atomic E-state index is 13.5. The molecule has 0 aliphatic heterocycles. The monoisotopic (exact) mass is 300 g/mol. The molecule has 1 heterocycles. The number of benzene rings is 1. The molecule has 2 saturated carbocycles. The van der Waals surface area contributed by atoms with Gasteiger partial charge in [-0.2, -0.15) is 0 Å². The van der Waals surface area contributed by atoms with Crippen molar-refractivity contribution in [3.63, 3.8) is 0 Å². The van der Waals surface area contributed by atoms with E-state index in [1.54, 1.807) is 12.3 Å². The number of halogens is 1. The summed E-state index contributed by atoms with van der Waals surface area (Å²) in [4.78, 5) is 16.6. The Kier molecular flexibility index (Phi) is 3.11. The zero-order valence-corrected chi connectivity index (χ0v) is 12.0. The number of hydrogen-bond donors (Lipinski definition) is 2. The Morgan fingerprint density at radius 1 is 1.27 bits per heavy atom. The predicted molar refractivity (Wildman–Crippen MR) is 79.8 cm³/mol. The normalized spacial score (nSPS) is 29.9. The SMILES string of the molecule is O=C(N[C@H]1[C@@H](O)[C@H]2CCC[C@H]21)c1cncc2ccc(F)cc12. The highest BCUT2D eigenvalue weighted by molar-refractivity contribution is 6.06. The van der Waals surface area contributed by atoms with Gasteiger partial charge >= 0.3 is 0 Å². The molecule has 0 unspecified atom stereocenters. The summed E-state index contributed by atoms with van der Waals surface area (Å²) in [6, 6.07) is 4.12. The first-order chi connectivity index (χ1) is 10.6. The minimum Gasteiger partial charge on any atom is -0.391 e. The Morgan fingerprint density at radius 3 is 2.95 bits per heavy atom. The smallest absolute Gasteiger partial charge is 0.253 e. The minimum absolute atomic E-state index is 0.191. The van der Waals surface area contributed by atoms with Crippen LogP contribution in [0.15, 0.2) is 30.6 Å². The lowest BCUT2D eigenvalue weighted by Crippen LogP contribution is -2.61. The molecule has 2 aromatic rings. The maximum Gasteiger partial charge on any atom is 0.253 e. The average Bonchev–Trinajstić information content (AvgIpc) is 2.96. The lowest BCUT2D eigenvalue weighted by Gasteiger charge is -2.46. The predicted octanol–water partition coefficient (Wildman–Crippen LogP) is 2.26. The second-order valence-electron chi connectivity index (χ2n) is 6.30. The van der Waals surface area contributed by atoms with Gasteiger partial charge in [0.2, 0.25) is 0 Å². The summed E-state index contributed by atoms with van der Waals surface area (Å²) in [6.07, 6.45) is 5.80. The van der Waals surface area contributed by atoms with Gasteiger partial charge in [0.25, 0.3) is 5.91 Å². The summed E-state index contributed by atoms with van der Waals surface area (Å²) in [6.45, 7) is 0. The van der Waals surface area contributed by atoms with Crippen molar-refractivity contribution in [3.8, 4) is 0 Å². The Bertz CT molecular complexity index is 749. The number of carbonyl (C=O) groups is 1. The van der Waals surface area contributed by atoms with E-state index in [4.69, 9.17) is 0 Å². The van der Waals surface area contributed by atoms with Crippen LogP contribution in [0, 0.1) is 17.7 Å². The molecule has 2 N–H and O–H groups in total. The highest BCUT2D eigenvalue weighted by Crippen LogP contribution is 2.47. The number of aliphatic hydroxyl groups is 1. The van der Waals surface area contributed by atoms with Crippen LogP contribution >= 0.6 is 0 Å². The van der Waals surface area contributed by atoms with Crippen LogP contribution < -0.4 is 5.32 Å². The van der Waals surface area contributed by atoms with Crippen LogP contribution in [0.25, 0.3) is 10.8 Å². The molecule has 4 rings (SSSR count). The zero-order valence-electron chi connectivity index (χ0n) is 12.0. The van der Waals surface area contributed by atoms with E-state index >= 15 is 0 Å². The van der Waals surface area contributed by atoms with Crippen molar-refractivity contribution >= 4 is 16.7 Å². The second-order valence-corrected chi connectivity index (χ2v) is 6.30. The number of aliphatic hydroxyl groups excluding tert-OH is 1. The molecule has 1 aromatic carbocycles. The van der Waals surface area contributed by atoms with E-state index in [2.05, 4.69) is 10.3 Å². The van der Waals surface area contributed by atoms with E-state index in [1.165, 1.54) is 18.3 Å². The molecule has 2 aliphatic rings. The molecule has 5 heteroatoms. The van der Waals surface area contributed by atoms with E-state index in [9.17, 15) is 14.3 Å². The maximum absolute atomic E-state index is 13.5. The van der Waals surface area contributed by atoms with Crippen LogP contribution in [0.4, 0.5) is 4.39 Å². The van der Waals surface area contributed by atoms with Crippen LogP contribution in [0.1, 0.15) is 29.6 Å². The quantitative estimate of drug-likeness (QED) is 0.894. The number of nitrogens with one attached hydrogen (secondary N) is 1. The Labute approximate surface area is 127 Å². The molecule has 1 amide bonds. The topological polar surface area (TPSA) is 62.2 Å². The van der Waals surface area contributed by atoms with Crippen molar-refractivity contribution in [1.82, 2.24) is 10.3 Å². The first kappa shape index (κ1) is 13.6. The molecule has 4 atom stereocenters. The second kappa shape index (κ2) is 5.02. The third-order valence-electron chi connectivity index (χ3n) is 5.16. The van der Waals surface area contributed by atoms with Gasteiger partial charge in [0.15, 0.2) is 0 Å². The number of rotatable bonds is 2. The molecule has 0 saturated heterocycles. The molecule has 0 radical (unpaired) electrons. The number of fused-ring (bicyclic) bond motifs is 2. The van der Waals surface area contributed by atoms with Gasteiger partial charge < -0.3 is 10.4 Å². The lowest BCUT2D eigenvalue weighted by atomic mass is 9.68. The Morgan fingerprint density at radius 2 is 2.09 bits per heavy atom. The Hall–Kier alpha value is -2.01. The van der Waals surface area contributed by atoms with Crippen molar-refractivity contribution < 1.29 is 14.3 Å². The summed E-state index contributed by atoms with van der Waals surface area (Å²) in [5, 5.41) is 14.3. The standard InChI is InChI=1S/C17H17FN2O2/c18-10-5-4-9-7-19-8-14(13(9)6-10)17(22)20-15-11-2-1-3-12(11)16(15)21/h4-8,11-12,15-16,21H,1-3H2,(H,20,22)/t11-,12+,15-,16+/m1/s1. The first-order valence-corrected chi connectivity index (χ1v) is 7.67. The van der Waals surface area contributed by atoms with Crippen LogP contribution in [0.5, 0.6) is 0 Å². The minimum atomic E-state index is -0.462. The first-order valence-electron chi connectivity index (χ1n) is 7.67. The number of carbonyl (C=O) groups excluding carboxylic acids is 1. The van der Waals surface area contributed by atoms with Gasteiger partial charge in [-0.05, 0) is 42.9 Å². The van der Waals surface area contributed by atoms with Crippen molar-refractivity contribution in [2.24, 2.45) is 11.8 Å². The van der Waals surface area contributed by atoms with Gasteiger partial charge in [0, 0.05) is 23.2 Å². The number of pyridine rings is 1. The van der Waals surface area contributed by atoms with Crippen LogP contribution in [-0.4, -0.2) is 28.1 Å². The Balaban J connectivity index is 1.62. The zero-order chi connectivity index (χ0) is 15.3. The van der Waals surface area contributed by atoms with Gasteiger partial charge in [-0.25, -0.2) is 4.39 Å². The van der Waals surface area contributed by atoms with Gasteiger partial charge in [0.1, 0.15) is 5.82 Å². The molecule has 1 aromatic heterocycles. The average molecular weight is 300 g/mol. The van der Waals surface area contributed by atoms with Gasteiger partial charge in [0.05, 0.1) is 17.7 Å². The number of amides is 1.